The van der Waals surface area contributed by atoms with Crippen LogP contribution in [0.15, 0.2) is 66.7 Å². The smallest absolute Gasteiger partial charge is 0.335 e. The number of hydrogen-bond acceptors (Lipinski definition) is 7. The van der Waals surface area contributed by atoms with Crippen molar-refractivity contribution in [1.29, 1.82) is 0 Å². The average Bonchev–Trinajstić information content (AvgIpc) is 2.85. The molecular formula is C26H29NO7. The lowest BCUT2D eigenvalue weighted by molar-refractivity contribution is 0.0696. The number of carboxylic acids is 1. The first kappa shape index (κ1) is 25.0. The Bertz CT molecular complexity index is 1050. The SMILES string of the molecule is O=C(O)c1ccc(COc2ccc(CCNC[C@H](O)COc3ccc(O)c(CO)c3)cc2)cc1. The maximum Gasteiger partial charge on any atom is 0.335 e. The monoisotopic (exact) mass is 467 g/mol. The summed E-state index contributed by atoms with van der Waals surface area (Å²) in [6, 6.07) is 18.9. The van der Waals surface area contributed by atoms with Gasteiger partial charge in [0.2, 0.25) is 0 Å². The van der Waals surface area contributed by atoms with Crippen LogP contribution in [0.3, 0.4) is 0 Å². The maximum atomic E-state index is 10.9. The first-order chi connectivity index (χ1) is 16.4. The van der Waals surface area contributed by atoms with E-state index in [0.717, 1.165) is 23.3 Å². The Morgan fingerprint density at radius 1 is 0.912 bits per heavy atom. The van der Waals surface area contributed by atoms with Crippen molar-refractivity contribution in [3.05, 3.63) is 89.0 Å². The summed E-state index contributed by atoms with van der Waals surface area (Å²) < 4.78 is 11.3. The van der Waals surface area contributed by atoms with Crippen LogP contribution in [0.25, 0.3) is 0 Å². The minimum atomic E-state index is -0.952. The highest BCUT2D eigenvalue weighted by Gasteiger charge is 2.07. The van der Waals surface area contributed by atoms with Gasteiger partial charge in [-0.2, -0.15) is 0 Å². The topological polar surface area (TPSA) is 128 Å². The van der Waals surface area contributed by atoms with E-state index in [4.69, 9.17) is 14.6 Å². The van der Waals surface area contributed by atoms with E-state index in [1.54, 1.807) is 30.3 Å². The molecule has 180 valence electrons. The minimum Gasteiger partial charge on any atom is -0.508 e. The van der Waals surface area contributed by atoms with Gasteiger partial charge in [-0.3, -0.25) is 0 Å². The van der Waals surface area contributed by atoms with Crippen LogP contribution in [0.5, 0.6) is 17.2 Å². The van der Waals surface area contributed by atoms with E-state index in [9.17, 15) is 20.1 Å². The fourth-order valence-electron chi connectivity index (χ4n) is 3.19. The summed E-state index contributed by atoms with van der Waals surface area (Å²) in [6.45, 7) is 1.20. The molecule has 3 aromatic carbocycles. The summed E-state index contributed by atoms with van der Waals surface area (Å²) in [7, 11) is 0. The van der Waals surface area contributed by atoms with Gasteiger partial charge in [-0.25, -0.2) is 4.79 Å². The van der Waals surface area contributed by atoms with Gasteiger partial charge in [0.05, 0.1) is 12.2 Å². The number of phenols is 1. The molecule has 0 spiro atoms. The zero-order chi connectivity index (χ0) is 24.3. The lowest BCUT2D eigenvalue weighted by Gasteiger charge is -2.14. The highest BCUT2D eigenvalue weighted by Crippen LogP contribution is 2.23. The molecule has 0 heterocycles. The first-order valence-electron chi connectivity index (χ1n) is 10.9. The van der Waals surface area contributed by atoms with E-state index in [-0.39, 0.29) is 24.5 Å². The molecule has 3 aromatic rings. The number of aromatic carboxylic acids is 1. The van der Waals surface area contributed by atoms with Gasteiger partial charge in [-0.05, 0) is 66.6 Å². The van der Waals surface area contributed by atoms with Gasteiger partial charge >= 0.3 is 5.97 Å². The van der Waals surface area contributed by atoms with E-state index in [1.165, 1.54) is 12.1 Å². The van der Waals surface area contributed by atoms with Crippen LogP contribution in [-0.2, 0) is 19.6 Å². The van der Waals surface area contributed by atoms with Gasteiger partial charge in [-0.15, -0.1) is 0 Å². The molecule has 0 radical (unpaired) electrons. The molecule has 0 aliphatic heterocycles. The minimum absolute atomic E-state index is 0.00364. The summed E-state index contributed by atoms with van der Waals surface area (Å²) in [5, 5.41) is 41.0. The van der Waals surface area contributed by atoms with E-state index in [0.29, 0.717) is 31.0 Å². The Labute approximate surface area is 198 Å². The van der Waals surface area contributed by atoms with E-state index >= 15 is 0 Å². The molecule has 0 saturated carbocycles. The third kappa shape index (κ3) is 7.77. The van der Waals surface area contributed by atoms with Crippen molar-refractivity contribution >= 4 is 5.97 Å². The Kier molecular flexibility index (Phi) is 9.28. The molecule has 0 unspecified atom stereocenters. The molecule has 0 aliphatic rings. The molecule has 0 saturated heterocycles. The highest BCUT2D eigenvalue weighted by molar-refractivity contribution is 5.87. The van der Waals surface area contributed by atoms with Crippen molar-refractivity contribution < 1.29 is 34.7 Å². The fraction of sp³-hybridized carbons (Fsp3) is 0.269. The lowest BCUT2D eigenvalue weighted by atomic mass is 10.1. The second-order valence-electron chi connectivity index (χ2n) is 7.80. The quantitative estimate of drug-likeness (QED) is 0.243. The van der Waals surface area contributed by atoms with Crippen LogP contribution in [0.1, 0.15) is 27.0 Å². The van der Waals surface area contributed by atoms with Crippen LogP contribution >= 0.6 is 0 Å². The van der Waals surface area contributed by atoms with Crippen LogP contribution in [0, 0.1) is 0 Å². The highest BCUT2D eigenvalue weighted by atomic mass is 16.5. The van der Waals surface area contributed by atoms with Crippen molar-refractivity contribution in [2.24, 2.45) is 0 Å². The molecule has 8 heteroatoms. The van der Waals surface area contributed by atoms with Gasteiger partial charge in [0.1, 0.15) is 36.6 Å². The summed E-state index contributed by atoms with van der Waals surface area (Å²) in [4.78, 5) is 10.9. The van der Waals surface area contributed by atoms with Crippen molar-refractivity contribution in [1.82, 2.24) is 5.32 Å². The molecule has 3 rings (SSSR count). The molecule has 0 bridgehead atoms. The van der Waals surface area contributed by atoms with Gasteiger partial charge in [0.15, 0.2) is 0 Å². The number of rotatable bonds is 13. The van der Waals surface area contributed by atoms with E-state index < -0.39 is 12.1 Å². The average molecular weight is 468 g/mol. The zero-order valence-corrected chi connectivity index (χ0v) is 18.7. The standard InChI is InChI=1S/C26H29NO7/c28-15-21-13-24(9-10-25(21)30)34-17-22(29)14-27-12-11-18-3-7-23(8-4-18)33-16-19-1-5-20(6-2-19)26(31)32/h1-10,13,22,27-30H,11-12,14-17H2,(H,31,32)/t22-/m0/s1. The van der Waals surface area contributed by atoms with Gasteiger partial charge < -0.3 is 35.2 Å². The molecule has 34 heavy (non-hydrogen) atoms. The van der Waals surface area contributed by atoms with Crippen LogP contribution in [-0.4, -0.2) is 52.2 Å². The van der Waals surface area contributed by atoms with E-state index in [1.807, 2.05) is 24.3 Å². The number of aliphatic hydroxyl groups excluding tert-OH is 2. The zero-order valence-electron chi connectivity index (χ0n) is 18.7. The van der Waals surface area contributed by atoms with Crippen LogP contribution in [0.4, 0.5) is 0 Å². The molecular weight excluding hydrogens is 438 g/mol. The second kappa shape index (κ2) is 12.6. The predicted molar refractivity (Wildman–Crippen MR) is 126 cm³/mol. The summed E-state index contributed by atoms with van der Waals surface area (Å²) in [6.07, 6.45) is 0.0780. The number of carboxylic acid groups (broad SMARTS) is 1. The summed E-state index contributed by atoms with van der Waals surface area (Å²) in [5.41, 5.74) is 2.63. The van der Waals surface area contributed by atoms with Gasteiger partial charge in [-0.1, -0.05) is 24.3 Å². The first-order valence-corrected chi connectivity index (χ1v) is 10.9. The Morgan fingerprint density at radius 3 is 2.26 bits per heavy atom. The number of hydrogen-bond donors (Lipinski definition) is 5. The lowest BCUT2D eigenvalue weighted by Crippen LogP contribution is -2.32. The molecule has 0 amide bonds. The van der Waals surface area contributed by atoms with Gasteiger partial charge in [0.25, 0.3) is 0 Å². The molecule has 0 aliphatic carbocycles. The number of carbonyl (C=O) groups is 1. The fourth-order valence-corrected chi connectivity index (χ4v) is 3.19. The van der Waals surface area contributed by atoms with Crippen molar-refractivity contribution in [3.63, 3.8) is 0 Å². The Morgan fingerprint density at radius 2 is 1.59 bits per heavy atom. The molecule has 0 fully saturated rings. The van der Waals surface area contributed by atoms with Crippen LogP contribution in [0.2, 0.25) is 0 Å². The third-order valence-electron chi connectivity index (χ3n) is 5.16. The summed E-state index contributed by atoms with van der Waals surface area (Å²) >= 11 is 0. The normalized spacial score (nSPS) is 11.7. The molecule has 5 N–H and O–H groups in total. The number of benzene rings is 3. The summed E-state index contributed by atoms with van der Waals surface area (Å²) in [5.74, 6) is 0.251. The maximum absolute atomic E-state index is 10.9. The Hall–Kier alpha value is -3.59. The molecule has 1 atom stereocenters. The largest absolute Gasteiger partial charge is 0.508 e. The molecule has 8 nitrogen and oxygen atoms in total. The Balaban J connectivity index is 1.33. The number of aliphatic hydroxyl groups is 2. The number of ether oxygens (including phenoxy) is 2. The van der Waals surface area contributed by atoms with Crippen molar-refractivity contribution in [2.45, 2.75) is 25.7 Å². The predicted octanol–water partition coefficient (Wildman–Crippen LogP) is 2.73. The van der Waals surface area contributed by atoms with Crippen molar-refractivity contribution in [3.8, 4) is 17.2 Å². The number of aromatic hydroxyl groups is 1. The van der Waals surface area contributed by atoms with Gasteiger partial charge in [0, 0.05) is 12.1 Å². The van der Waals surface area contributed by atoms with E-state index in [2.05, 4.69) is 5.32 Å². The van der Waals surface area contributed by atoms with Crippen molar-refractivity contribution in [2.75, 3.05) is 19.7 Å². The molecule has 0 aromatic heterocycles. The third-order valence-corrected chi connectivity index (χ3v) is 5.16. The second-order valence-corrected chi connectivity index (χ2v) is 7.80. The van der Waals surface area contributed by atoms with Crippen LogP contribution < -0.4 is 14.8 Å². The number of nitrogens with one attached hydrogen (secondary N) is 1.